The summed E-state index contributed by atoms with van der Waals surface area (Å²) in [4.78, 5) is 1.21. The lowest BCUT2D eigenvalue weighted by molar-refractivity contribution is 0.305. The molecule has 0 fully saturated rings. The van der Waals surface area contributed by atoms with Gasteiger partial charge in [-0.05, 0) is 42.0 Å². The molecule has 0 unspecified atom stereocenters. The topological polar surface area (TPSA) is 20.2 Å². The van der Waals surface area contributed by atoms with Crippen LogP contribution in [0.5, 0.6) is 0 Å². The summed E-state index contributed by atoms with van der Waals surface area (Å²) < 4.78 is 0. The van der Waals surface area contributed by atoms with Crippen LogP contribution >= 0.6 is 23.4 Å². The first-order chi connectivity index (χ1) is 9.78. The summed E-state index contributed by atoms with van der Waals surface area (Å²) >= 11 is 7.64. The average Bonchev–Trinajstić information content (AvgIpc) is 2.48. The highest BCUT2D eigenvalue weighted by Crippen LogP contribution is 2.24. The molecule has 20 heavy (non-hydrogen) atoms. The number of benzene rings is 2. The molecule has 0 aliphatic heterocycles. The van der Waals surface area contributed by atoms with Crippen molar-refractivity contribution in [3.8, 4) is 11.8 Å². The van der Waals surface area contributed by atoms with Gasteiger partial charge in [-0.3, -0.25) is 0 Å². The van der Waals surface area contributed by atoms with E-state index in [1.54, 1.807) is 11.8 Å². The molecule has 2 rings (SSSR count). The van der Waals surface area contributed by atoms with Crippen LogP contribution in [-0.2, 0) is 5.75 Å². The van der Waals surface area contributed by atoms with Gasteiger partial charge >= 0.3 is 0 Å². The first-order valence-corrected chi connectivity index (χ1v) is 7.71. The van der Waals surface area contributed by atoms with Crippen molar-refractivity contribution in [3.05, 3.63) is 64.7 Å². The molecule has 0 saturated heterocycles. The number of thioether (sulfide) groups is 1. The molecule has 1 N–H and O–H groups in total. The molecule has 2 aromatic carbocycles. The van der Waals surface area contributed by atoms with Gasteiger partial charge in [-0.1, -0.05) is 35.6 Å². The normalized spacial score (nSPS) is 9.90. The van der Waals surface area contributed by atoms with E-state index in [0.29, 0.717) is 6.42 Å². The highest BCUT2D eigenvalue weighted by Gasteiger charge is 1.97. The van der Waals surface area contributed by atoms with Crippen LogP contribution in [0.1, 0.15) is 17.5 Å². The standard InChI is InChI=1S/C17H15ClOS/c18-16-8-10-17(11-9-16)20-13-15-6-4-14(5-7-15)3-1-2-12-19/h4-11,19H,2,12-13H2. The summed E-state index contributed by atoms with van der Waals surface area (Å²) in [7, 11) is 0. The fourth-order valence-electron chi connectivity index (χ4n) is 1.60. The quantitative estimate of drug-likeness (QED) is 0.668. The molecule has 0 heterocycles. The van der Waals surface area contributed by atoms with Crippen LogP contribution in [0.4, 0.5) is 0 Å². The van der Waals surface area contributed by atoms with Gasteiger partial charge < -0.3 is 5.11 Å². The minimum atomic E-state index is 0.114. The molecule has 3 heteroatoms. The molecular formula is C17H15ClOS. The smallest absolute Gasteiger partial charge is 0.0540 e. The van der Waals surface area contributed by atoms with Gasteiger partial charge in [0.1, 0.15) is 0 Å². The third kappa shape index (κ3) is 4.94. The summed E-state index contributed by atoms with van der Waals surface area (Å²) in [5.74, 6) is 6.86. The maximum atomic E-state index is 8.67. The monoisotopic (exact) mass is 302 g/mol. The lowest BCUT2D eigenvalue weighted by Crippen LogP contribution is -1.82. The van der Waals surface area contributed by atoms with Gasteiger partial charge in [0, 0.05) is 27.7 Å². The molecule has 0 aromatic heterocycles. The van der Waals surface area contributed by atoms with Crippen LogP contribution < -0.4 is 0 Å². The minimum Gasteiger partial charge on any atom is -0.395 e. The summed E-state index contributed by atoms with van der Waals surface area (Å²) in [6, 6.07) is 16.1. The molecule has 0 aliphatic carbocycles. The van der Waals surface area contributed by atoms with Crippen molar-refractivity contribution in [3.63, 3.8) is 0 Å². The fourth-order valence-corrected chi connectivity index (χ4v) is 2.58. The molecular weight excluding hydrogens is 288 g/mol. The SMILES string of the molecule is OCCC#Cc1ccc(CSc2ccc(Cl)cc2)cc1. The van der Waals surface area contributed by atoms with Gasteiger partial charge in [0.2, 0.25) is 0 Å². The van der Waals surface area contributed by atoms with Gasteiger partial charge in [-0.15, -0.1) is 11.8 Å². The zero-order chi connectivity index (χ0) is 14.2. The Bertz CT molecular complexity index is 594. The number of rotatable bonds is 4. The van der Waals surface area contributed by atoms with Gasteiger partial charge in [-0.2, -0.15) is 0 Å². The van der Waals surface area contributed by atoms with E-state index in [-0.39, 0.29) is 6.61 Å². The zero-order valence-electron chi connectivity index (χ0n) is 11.0. The lowest BCUT2D eigenvalue weighted by atomic mass is 10.1. The fraction of sp³-hybridized carbons (Fsp3) is 0.176. The number of halogens is 1. The number of hydrogen-bond donors (Lipinski definition) is 1. The number of aliphatic hydroxyl groups is 1. The van der Waals surface area contributed by atoms with E-state index in [1.807, 2.05) is 36.4 Å². The Balaban J connectivity index is 1.91. The first-order valence-electron chi connectivity index (χ1n) is 6.35. The second kappa shape index (κ2) is 8.01. The van der Waals surface area contributed by atoms with Crippen molar-refractivity contribution in [1.29, 1.82) is 0 Å². The Kier molecular flexibility index (Phi) is 6.01. The van der Waals surface area contributed by atoms with Crippen molar-refractivity contribution in [2.75, 3.05) is 6.61 Å². The number of aliphatic hydroxyl groups excluding tert-OH is 1. The van der Waals surface area contributed by atoms with E-state index in [2.05, 4.69) is 24.0 Å². The average molecular weight is 303 g/mol. The molecule has 0 aliphatic rings. The van der Waals surface area contributed by atoms with E-state index < -0.39 is 0 Å². The van der Waals surface area contributed by atoms with Gasteiger partial charge in [0.05, 0.1) is 6.61 Å². The summed E-state index contributed by atoms with van der Waals surface area (Å²) in [6.45, 7) is 0.114. The number of hydrogen-bond acceptors (Lipinski definition) is 2. The van der Waals surface area contributed by atoms with Crippen LogP contribution in [-0.4, -0.2) is 11.7 Å². The maximum Gasteiger partial charge on any atom is 0.0540 e. The highest BCUT2D eigenvalue weighted by molar-refractivity contribution is 7.98. The summed E-state index contributed by atoms with van der Waals surface area (Å²) in [5, 5.41) is 9.43. The predicted molar refractivity (Wildman–Crippen MR) is 86.0 cm³/mol. The van der Waals surface area contributed by atoms with Gasteiger partial charge in [0.15, 0.2) is 0 Å². The second-order valence-corrected chi connectivity index (χ2v) is 5.70. The lowest BCUT2D eigenvalue weighted by Gasteiger charge is -2.02. The van der Waals surface area contributed by atoms with Crippen molar-refractivity contribution >= 4 is 23.4 Å². The van der Waals surface area contributed by atoms with Crippen LogP contribution in [0, 0.1) is 11.8 Å². The van der Waals surface area contributed by atoms with Crippen molar-refractivity contribution < 1.29 is 5.11 Å². The molecule has 1 nitrogen and oxygen atoms in total. The highest BCUT2D eigenvalue weighted by atomic mass is 35.5. The van der Waals surface area contributed by atoms with E-state index in [0.717, 1.165) is 16.3 Å². The second-order valence-electron chi connectivity index (χ2n) is 4.21. The Hall–Kier alpha value is -1.40. The van der Waals surface area contributed by atoms with Crippen LogP contribution in [0.15, 0.2) is 53.4 Å². The van der Waals surface area contributed by atoms with E-state index in [4.69, 9.17) is 16.7 Å². The van der Waals surface area contributed by atoms with E-state index >= 15 is 0 Å². The molecule has 0 saturated carbocycles. The predicted octanol–water partition coefficient (Wildman–Crippen LogP) is 4.37. The van der Waals surface area contributed by atoms with Crippen LogP contribution in [0.25, 0.3) is 0 Å². The third-order valence-corrected chi connectivity index (χ3v) is 3.98. The van der Waals surface area contributed by atoms with Crippen molar-refractivity contribution in [2.24, 2.45) is 0 Å². The Morgan fingerprint density at radius 1 is 1.00 bits per heavy atom. The zero-order valence-corrected chi connectivity index (χ0v) is 12.5. The minimum absolute atomic E-state index is 0.114. The summed E-state index contributed by atoms with van der Waals surface area (Å²) in [5.41, 5.74) is 2.25. The Labute approximate surface area is 129 Å². The Morgan fingerprint density at radius 2 is 1.70 bits per heavy atom. The molecule has 0 atom stereocenters. The molecule has 0 bridgehead atoms. The van der Waals surface area contributed by atoms with E-state index in [9.17, 15) is 0 Å². The van der Waals surface area contributed by atoms with E-state index in [1.165, 1.54) is 10.5 Å². The van der Waals surface area contributed by atoms with Crippen LogP contribution in [0.3, 0.4) is 0 Å². The molecule has 0 amide bonds. The molecule has 2 aromatic rings. The molecule has 102 valence electrons. The first kappa shape index (κ1) is 15.0. The molecule has 0 spiro atoms. The van der Waals surface area contributed by atoms with Crippen molar-refractivity contribution in [1.82, 2.24) is 0 Å². The van der Waals surface area contributed by atoms with Gasteiger partial charge in [-0.25, -0.2) is 0 Å². The van der Waals surface area contributed by atoms with Crippen molar-refractivity contribution in [2.45, 2.75) is 17.1 Å². The Morgan fingerprint density at radius 3 is 2.35 bits per heavy atom. The van der Waals surface area contributed by atoms with Gasteiger partial charge in [0.25, 0.3) is 0 Å². The largest absolute Gasteiger partial charge is 0.395 e. The maximum absolute atomic E-state index is 8.67. The van der Waals surface area contributed by atoms with Crippen LogP contribution in [0.2, 0.25) is 5.02 Å². The molecule has 0 radical (unpaired) electrons. The third-order valence-electron chi connectivity index (χ3n) is 2.64. The summed E-state index contributed by atoms with van der Waals surface area (Å²) in [6.07, 6.45) is 0.522.